The molecule has 10 heteroatoms. The number of para-hydroxylation sites is 1. The molecule has 0 spiro atoms. The molecule has 0 saturated carbocycles. The van der Waals surface area contributed by atoms with Crippen LogP contribution in [0.4, 0.5) is 5.69 Å². The van der Waals surface area contributed by atoms with Crippen molar-refractivity contribution in [1.29, 1.82) is 0 Å². The first-order chi connectivity index (χ1) is 16.0. The molecule has 33 heavy (non-hydrogen) atoms. The number of pyridine rings is 1. The maximum absolute atomic E-state index is 13.3. The number of benzene rings is 1. The number of nitrogens with one attached hydrogen (secondary N) is 1. The van der Waals surface area contributed by atoms with E-state index in [4.69, 9.17) is 37.1 Å². The lowest BCUT2D eigenvalue weighted by molar-refractivity contribution is -0.133. The van der Waals surface area contributed by atoms with Crippen LogP contribution >= 0.6 is 23.2 Å². The Morgan fingerprint density at radius 1 is 1.12 bits per heavy atom. The molecule has 0 bridgehead atoms. The second kappa shape index (κ2) is 10.7. The Morgan fingerprint density at radius 3 is 2.42 bits per heavy atom. The van der Waals surface area contributed by atoms with Crippen molar-refractivity contribution in [1.82, 2.24) is 15.2 Å². The van der Waals surface area contributed by atoms with Gasteiger partial charge in [0.25, 0.3) is 0 Å². The molecule has 0 radical (unpaired) electrons. The predicted molar refractivity (Wildman–Crippen MR) is 128 cm³/mol. The molecule has 1 aromatic carbocycles. The lowest BCUT2D eigenvalue weighted by atomic mass is 10.1. The second-order valence-electron chi connectivity index (χ2n) is 7.71. The van der Waals surface area contributed by atoms with E-state index in [0.717, 1.165) is 16.7 Å². The molecule has 1 aliphatic heterocycles. The van der Waals surface area contributed by atoms with Gasteiger partial charge in [-0.3, -0.25) is 14.7 Å². The monoisotopic (exact) mass is 492 g/mol. The average Bonchev–Trinajstić information content (AvgIpc) is 3.24. The van der Waals surface area contributed by atoms with Crippen LogP contribution in [0.3, 0.4) is 0 Å². The Kier molecular flexibility index (Phi) is 7.72. The first kappa shape index (κ1) is 23.8. The number of halogens is 2. The zero-order valence-electron chi connectivity index (χ0n) is 18.5. The Balaban J connectivity index is 1.55. The van der Waals surface area contributed by atoms with Gasteiger partial charge >= 0.3 is 0 Å². The molecule has 0 aliphatic carbocycles. The number of fused-ring (bicyclic) bond motifs is 1. The highest BCUT2D eigenvalue weighted by Gasteiger charge is 2.34. The van der Waals surface area contributed by atoms with Crippen molar-refractivity contribution in [2.45, 2.75) is 12.3 Å². The van der Waals surface area contributed by atoms with Gasteiger partial charge < -0.3 is 24.1 Å². The molecule has 1 atom stereocenters. The van der Waals surface area contributed by atoms with Gasteiger partial charge in [0.15, 0.2) is 6.29 Å². The summed E-state index contributed by atoms with van der Waals surface area (Å²) in [6, 6.07) is 9.04. The summed E-state index contributed by atoms with van der Waals surface area (Å²) >= 11 is 12.7. The van der Waals surface area contributed by atoms with Gasteiger partial charge in [-0.05, 0) is 12.1 Å². The van der Waals surface area contributed by atoms with Crippen LogP contribution in [0.5, 0.6) is 0 Å². The first-order valence-corrected chi connectivity index (χ1v) is 11.4. The molecule has 1 N–H and O–H groups in total. The number of ether oxygens (including phenoxy) is 2. The van der Waals surface area contributed by atoms with Crippen LogP contribution in [-0.4, -0.2) is 69.0 Å². The number of furan rings is 1. The minimum atomic E-state index is -0.600. The summed E-state index contributed by atoms with van der Waals surface area (Å²) < 4.78 is 16.5. The van der Waals surface area contributed by atoms with Crippen LogP contribution < -0.4 is 10.2 Å². The van der Waals surface area contributed by atoms with Crippen molar-refractivity contribution in [2.75, 3.05) is 51.8 Å². The van der Waals surface area contributed by atoms with E-state index in [1.165, 1.54) is 14.2 Å². The third-order valence-corrected chi connectivity index (χ3v) is 6.31. The Bertz CT molecular complexity index is 1040. The normalized spacial score (nSPS) is 15.8. The molecule has 3 heterocycles. The van der Waals surface area contributed by atoms with Gasteiger partial charge in [0.05, 0.1) is 22.3 Å². The van der Waals surface area contributed by atoms with E-state index in [9.17, 15) is 4.79 Å². The smallest absolute Gasteiger partial charge is 0.245 e. The molecule has 1 amide bonds. The van der Waals surface area contributed by atoms with Gasteiger partial charge in [-0.2, -0.15) is 0 Å². The van der Waals surface area contributed by atoms with Gasteiger partial charge in [-0.15, -0.1) is 0 Å². The number of aromatic nitrogens is 1. The molecule has 8 nitrogen and oxygen atoms in total. The van der Waals surface area contributed by atoms with Gasteiger partial charge in [-0.25, -0.2) is 0 Å². The Hall–Kier alpha value is -2.36. The van der Waals surface area contributed by atoms with Crippen molar-refractivity contribution < 1.29 is 18.7 Å². The van der Waals surface area contributed by atoms with Crippen LogP contribution in [-0.2, 0) is 14.3 Å². The maximum atomic E-state index is 13.3. The molecule has 1 saturated heterocycles. The molecule has 1 aliphatic rings. The molecular formula is C23H26Cl2N4O4. The van der Waals surface area contributed by atoms with Crippen molar-refractivity contribution >= 4 is 45.8 Å². The van der Waals surface area contributed by atoms with E-state index < -0.39 is 12.3 Å². The first-order valence-electron chi connectivity index (χ1n) is 10.6. The number of anilines is 1. The molecule has 1 fully saturated rings. The number of carbonyl (C=O) groups excluding carboxylic acids is 1. The Labute approximate surface area is 202 Å². The standard InChI is InChI=1S/C23H26Cl2N4O4/c1-31-20(32-2)14-27-23(30)22(19-11-15-5-3-4-6-18(15)33-19)29-9-7-28(8-10-29)21-16(24)12-26-13-17(21)25/h3-6,11-13,20,22H,7-10,14H2,1-2H3,(H,27,30). The van der Waals surface area contributed by atoms with E-state index in [-0.39, 0.29) is 12.5 Å². The molecule has 176 valence electrons. The largest absolute Gasteiger partial charge is 0.459 e. The van der Waals surface area contributed by atoms with Gasteiger partial charge in [0, 0.05) is 58.2 Å². The molecule has 4 rings (SSSR count). The van der Waals surface area contributed by atoms with Gasteiger partial charge in [0.1, 0.15) is 17.4 Å². The van der Waals surface area contributed by atoms with Crippen LogP contribution in [0, 0.1) is 0 Å². The number of hydrogen-bond donors (Lipinski definition) is 1. The van der Waals surface area contributed by atoms with E-state index in [2.05, 4.69) is 20.1 Å². The van der Waals surface area contributed by atoms with E-state index in [0.29, 0.717) is 42.0 Å². The van der Waals surface area contributed by atoms with Crippen molar-refractivity contribution in [3.05, 3.63) is 58.5 Å². The fraction of sp³-hybridized carbons (Fsp3) is 0.391. The summed E-state index contributed by atoms with van der Waals surface area (Å²) in [5.41, 5.74) is 1.51. The summed E-state index contributed by atoms with van der Waals surface area (Å²) in [6.07, 6.45) is 2.64. The van der Waals surface area contributed by atoms with E-state index in [1.807, 2.05) is 30.3 Å². The number of amides is 1. The summed E-state index contributed by atoms with van der Waals surface area (Å²) in [6.45, 7) is 2.74. The number of methoxy groups -OCH3 is 2. The summed E-state index contributed by atoms with van der Waals surface area (Å²) in [7, 11) is 3.07. The van der Waals surface area contributed by atoms with E-state index >= 15 is 0 Å². The van der Waals surface area contributed by atoms with Crippen LogP contribution in [0.2, 0.25) is 10.0 Å². The highest BCUT2D eigenvalue weighted by atomic mass is 35.5. The molecule has 1 unspecified atom stereocenters. The lowest BCUT2D eigenvalue weighted by Gasteiger charge is -2.39. The summed E-state index contributed by atoms with van der Waals surface area (Å²) in [5.74, 6) is 0.412. The van der Waals surface area contributed by atoms with Crippen molar-refractivity contribution in [3.8, 4) is 0 Å². The SMILES string of the molecule is COC(CNC(=O)C(c1cc2ccccc2o1)N1CCN(c2c(Cl)cncc2Cl)CC1)OC. The van der Waals surface area contributed by atoms with Crippen LogP contribution in [0.15, 0.2) is 47.1 Å². The molecule has 3 aromatic rings. The zero-order valence-corrected chi connectivity index (χ0v) is 20.0. The van der Waals surface area contributed by atoms with Crippen LogP contribution in [0.1, 0.15) is 11.8 Å². The summed E-state index contributed by atoms with van der Waals surface area (Å²) in [4.78, 5) is 21.6. The molecule has 2 aromatic heterocycles. The fourth-order valence-electron chi connectivity index (χ4n) is 4.07. The third-order valence-electron chi connectivity index (χ3n) is 5.76. The number of nitrogens with zero attached hydrogens (tertiary/aromatic N) is 3. The van der Waals surface area contributed by atoms with Crippen molar-refractivity contribution in [2.24, 2.45) is 0 Å². The Morgan fingerprint density at radius 2 is 1.79 bits per heavy atom. The average molecular weight is 493 g/mol. The zero-order chi connectivity index (χ0) is 23.4. The number of piperazine rings is 1. The minimum absolute atomic E-state index is 0.179. The number of rotatable bonds is 8. The summed E-state index contributed by atoms with van der Waals surface area (Å²) in [5, 5.41) is 4.90. The lowest BCUT2D eigenvalue weighted by Crippen LogP contribution is -2.51. The number of hydrogen-bond acceptors (Lipinski definition) is 7. The van der Waals surface area contributed by atoms with Crippen molar-refractivity contribution in [3.63, 3.8) is 0 Å². The quantitative estimate of drug-likeness (QED) is 0.479. The fourth-order valence-corrected chi connectivity index (χ4v) is 4.67. The van der Waals surface area contributed by atoms with Gasteiger partial charge in [-0.1, -0.05) is 41.4 Å². The third kappa shape index (κ3) is 5.26. The second-order valence-corrected chi connectivity index (χ2v) is 8.52. The van der Waals surface area contributed by atoms with Gasteiger partial charge in [0.2, 0.25) is 5.91 Å². The minimum Gasteiger partial charge on any atom is -0.459 e. The highest BCUT2D eigenvalue weighted by molar-refractivity contribution is 6.38. The van der Waals surface area contributed by atoms with Crippen LogP contribution in [0.25, 0.3) is 11.0 Å². The topological polar surface area (TPSA) is 80.1 Å². The predicted octanol–water partition coefficient (Wildman–Crippen LogP) is 3.73. The number of carbonyl (C=O) groups is 1. The maximum Gasteiger partial charge on any atom is 0.245 e. The highest BCUT2D eigenvalue weighted by Crippen LogP contribution is 2.35. The molecular weight excluding hydrogens is 467 g/mol. The van der Waals surface area contributed by atoms with E-state index in [1.54, 1.807) is 12.4 Å².